The van der Waals surface area contributed by atoms with Crippen molar-refractivity contribution in [1.29, 1.82) is 0 Å². The first kappa shape index (κ1) is 12.4. The van der Waals surface area contributed by atoms with Crippen molar-refractivity contribution >= 4 is 0 Å². The van der Waals surface area contributed by atoms with Crippen LogP contribution in [0.5, 0.6) is 11.5 Å². The zero-order chi connectivity index (χ0) is 12.8. The molecule has 0 atom stereocenters. The Labute approximate surface area is 107 Å². The lowest BCUT2D eigenvalue weighted by molar-refractivity contribution is 0.354. The predicted molar refractivity (Wildman–Crippen MR) is 71.2 cm³/mol. The van der Waals surface area contributed by atoms with Crippen molar-refractivity contribution in [3.63, 3.8) is 0 Å². The minimum absolute atomic E-state index is 0.766. The molecule has 0 unspecified atom stereocenters. The van der Waals surface area contributed by atoms with Gasteiger partial charge in [0, 0.05) is 12.4 Å². The third kappa shape index (κ3) is 3.00. The highest BCUT2D eigenvalue weighted by molar-refractivity contribution is 5.43. The molecule has 0 saturated heterocycles. The molecule has 2 rings (SSSR count). The van der Waals surface area contributed by atoms with Crippen molar-refractivity contribution in [2.24, 2.45) is 0 Å². The monoisotopic (exact) mass is 243 g/mol. The fourth-order valence-electron chi connectivity index (χ4n) is 1.87. The molecular weight excluding hydrogens is 226 g/mol. The average molecular weight is 243 g/mol. The van der Waals surface area contributed by atoms with E-state index in [-0.39, 0.29) is 0 Å². The van der Waals surface area contributed by atoms with Crippen LogP contribution < -0.4 is 9.47 Å². The van der Waals surface area contributed by atoms with E-state index in [1.54, 1.807) is 20.4 Å². The molecule has 0 aliphatic carbocycles. The van der Waals surface area contributed by atoms with Crippen LogP contribution in [0.2, 0.25) is 0 Å². The van der Waals surface area contributed by atoms with Crippen molar-refractivity contribution in [1.82, 2.24) is 4.98 Å². The van der Waals surface area contributed by atoms with E-state index in [0.717, 1.165) is 24.3 Å². The lowest BCUT2D eigenvalue weighted by atomic mass is 10.1. The first-order valence-corrected chi connectivity index (χ1v) is 5.93. The number of aryl methyl sites for hydroxylation is 2. The number of benzene rings is 1. The summed E-state index contributed by atoms with van der Waals surface area (Å²) in [5.74, 6) is 1.55. The Kier molecular flexibility index (Phi) is 4.18. The molecule has 0 fully saturated rings. The van der Waals surface area contributed by atoms with Gasteiger partial charge in [-0.3, -0.25) is 4.98 Å². The van der Waals surface area contributed by atoms with Gasteiger partial charge >= 0.3 is 0 Å². The number of aromatic nitrogens is 1. The second-order valence-electron chi connectivity index (χ2n) is 4.05. The summed E-state index contributed by atoms with van der Waals surface area (Å²) in [4.78, 5) is 4.11. The molecular formula is C15H17NO2. The van der Waals surface area contributed by atoms with E-state index in [2.05, 4.69) is 17.1 Å². The van der Waals surface area contributed by atoms with E-state index in [9.17, 15) is 0 Å². The minimum atomic E-state index is 0.766. The summed E-state index contributed by atoms with van der Waals surface area (Å²) < 4.78 is 10.5. The van der Waals surface area contributed by atoms with Crippen molar-refractivity contribution in [3.05, 3.63) is 53.9 Å². The van der Waals surface area contributed by atoms with E-state index in [0.29, 0.717) is 0 Å². The molecule has 0 spiro atoms. The molecule has 3 heteroatoms. The predicted octanol–water partition coefficient (Wildman–Crippen LogP) is 2.88. The average Bonchev–Trinajstić information content (AvgIpc) is 2.45. The Morgan fingerprint density at radius 3 is 2.39 bits per heavy atom. The molecule has 0 aliphatic rings. The smallest absolute Gasteiger partial charge is 0.160 e. The Morgan fingerprint density at radius 1 is 0.944 bits per heavy atom. The van der Waals surface area contributed by atoms with E-state index in [4.69, 9.17) is 9.47 Å². The van der Waals surface area contributed by atoms with Crippen LogP contribution in [0.4, 0.5) is 0 Å². The summed E-state index contributed by atoms with van der Waals surface area (Å²) in [6.45, 7) is 0. The number of ether oxygens (including phenoxy) is 2. The van der Waals surface area contributed by atoms with Gasteiger partial charge in [0.1, 0.15) is 0 Å². The number of rotatable bonds is 5. The van der Waals surface area contributed by atoms with Gasteiger partial charge in [0.2, 0.25) is 0 Å². The summed E-state index contributed by atoms with van der Waals surface area (Å²) in [6, 6.07) is 10.1. The van der Waals surface area contributed by atoms with Crippen molar-refractivity contribution < 1.29 is 9.47 Å². The number of methoxy groups -OCH3 is 2. The van der Waals surface area contributed by atoms with Crippen LogP contribution in [0, 0.1) is 0 Å². The van der Waals surface area contributed by atoms with Crippen molar-refractivity contribution in [2.75, 3.05) is 14.2 Å². The Morgan fingerprint density at radius 2 is 1.72 bits per heavy atom. The van der Waals surface area contributed by atoms with Crippen molar-refractivity contribution in [3.8, 4) is 11.5 Å². The molecule has 94 valence electrons. The van der Waals surface area contributed by atoms with Gasteiger partial charge in [-0.25, -0.2) is 0 Å². The molecule has 1 aromatic carbocycles. The van der Waals surface area contributed by atoms with Gasteiger partial charge in [-0.05, 0) is 42.2 Å². The summed E-state index contributed by atoms with van der Waals surface area (Å²) >= 11 is 0. The second-order valence-corrected chi connectivity index (χ2v) is 4.05. The van der Waals surface area contributed by atoms with Crippen LogP contribution in [0.15, 0.2) is 42.7 Å². The summed E-state index contributed by atoms with van der Waals surface area (Å²) in [6.07, 6.45) is 5.63. The third-order valence-electron chi connectivity index (χ3n) is 2.87. The van der Waals surface area contributed by atoms with Crippen LogP contribution in [-0.4, -0.2) is 19.2 Å². The second kappa shape index (κ2) is 6.05. The number of hydrogen-bond donors (Lipinski definition) is 0. The SMILES string of the molecule is COc1ccc(CCc2cccnc2)cc1OC. The van der Waals surface area contributed by atoms with Crippen LogP contribution >= 0.6 is 0 Å². The molecule has 0 N–H and O–H groups in total. The minimum Gasteiger partial charge on any atom is -0.493 e. The van der Waals surface area contributed by atoms with Gasteiger partial charge in [0.05, 0.1) is 14.2 Å². The molecule has 1 aromatic heterocycles. The van der Waals surface area contributed by atoms with E-state index in [1.807, 2.05) is 24.4 Å². The molecule has 18 heavy (non-hydrogen) atoms. The maximum absolute atomic E-state index is 5.29. The van der Waals surface area contributed by atoms with Gasteiger partial charge in [-0.2, -0.15) is 0 Å². The van der Waals surface area contributed by atoms with Gasteiger partial charge in [-0.15, -0.1) is 0 Å². The van der Waals surface area contributed by atoms with Gasteiger partial charge in [0.25, 0.3) is 0 Å². The highest BCUT2D eigenvalue weighted by atomic mass is 16.5. The van der Waals surface area contributed by atoms with Gasteiger partial charge in [0.15, 0.2) is 11.5 Å². The van der Waals surface area contributed by atoms with Crippen LogP contribution in [0.3, 0.4) is 0 Å². The molecule has 3 nitrogen and oxygen atoms in total. The fourth-order valence-corrected chi connectivity index (χ4v) is 1.87. The van der Waals surface area contributed by atoms with Gasteiger partial charge < -0.3 is 9.47 Å². The molecule has 1 heterocycles. The number of hydrogen-bond acceptors (Lipinski definition) is 3. The lowest BCUT2D eigenvalue weighted by Gasteiger charge is -2.09. The largest absolute Gasteiger partial charge is 0.493 e. The third-order valence-corrected chi connectivity index (χ3v) is 2.87. The summed E-state index contributed by atoms with van der Waals surface area (Å²) in [5.41, 5.74) is 2.48. The summed E-state index contributed by atoms with van der Waals surface area (Å²) in [7, 11) is 3.30. The van der Waals surface area contributed by atoms with Crippen LogP contribution in [0.25, 0.3) is 0 Å². The topological polar surface area (TPSA) is 31.4 Å². The maximum atomic E-state index is 5.29. The highest BCUT2D eigenvalue weighted by Gasteiger charge is 2.04. The zero-order valence-corrected chi connectivity index (χ0v) is 10.7. The molecule has 0 saturated carbocycles. The number of nitrogens with zero attached hydrogens (tertiary/aromatic N) is 1. The Hall–Kier alpha value is -2.03. The Bertz CT molecular complexity index is 497. The van der Waals surface area contributed by atoms with Crippen molar-refractivity contribution in [2.45, 2.75) is 12.8 Å². The van der Waals surface area contributed by atoms with E-state index < -0.39 is 0 Å². The van der Waals surface area contributed by atoms with E-state index in [1.165, 1.54) is 11.1 Å². The highest BCUT2D eigenvalue weighted by Crippen LogP contribution is 2.27. The molecule has 0 radical (unpaired) electrons. The zero-order valence-electron chi connectivity index (χ0n) is 10.7. The van der Waals surface area contributed by atoms with Crippen LogP contribution in [0.1, 0.15) is 11.1 Å². The molecule has 0 amide bonds. The lowest BCUT2D eigenvalue weighted by Crippen LogP contribution is -1.95. The quantitative estimate of drug-likeness (QED) is 0.809. The van der Waals surface area contributed by atoms with Crippen LogP contribution in [-0.2, 0) is 12.8 Å². The standard InChI is InChI=1S/C15H17NO2/c1-17-14-8-7-12(10-15(14)18-2)5-6-13-4-3-9-16-11-13/h3-4,7-11H,5-6H2,1-2H3. The molecule has 0 bridgehead atoms. The Balaban J connectivity index is 2.06. The van der Waals surface area contributed by atoms with Gasteiger partial charge in [-0.1, -0.05) is 12.1 Å². The van der Waals surface area contributed by atoms with E-state index >= 15 is 0 Å². The fraction of sp³-hybridized carbons (Fsp3) is 0.267. The number of pyridine rings is 1. The molecule has 2 aromatic rings. The summed E-state index contributed by atoms with van der Waals surface area (Å²) in [5, 5.41) is 0. The first-order chi connectivity index (χ1) is 8.83. The first-order valence-electron chi connectivity index (χ1n) is 5.93. The molecule has 0 aliphatic heterocycles. The normalized spacial score (nSPS) is 10.1. The maximum Gasteiger partial charge on any atom is 0.160 e.